The van der Waals surface area contributed by atoms with Crippen molar-refractivity contribution in [3.05, 3.63) is 33.3 Å². The molecule has 134 valence electrons. The van der Waals surface area contributed by atoms with Crippen molar-refractivity contribution in [2.45, 2.75) is 25.5 Å². The van der Waals surface area contributed by atoms with Gasteiger partial charge in [-0.2, -0.15) is 0 Å². The van der Waals surface area contributed by atoms with Crippen LogP contribution in [0.15, 0.2) is 23.2 Å². The number of hydrogen-bond donors (Lipinski definition) is 2. The van der Waals surface area contributed by atoms with Gasteiger partial charge < -0.3 is 10.6 Å². The van der Waals surface area contributed by atoms with Crippen molar-refractivity contribution in [1.82, 2.24) is 5.32 Å². The highest BCUT2D eigenvalue weighted by atomic mass is 35.5. The number of nitrogens with one attached hydrogen (secondary N) is 2. The van der Waals surface area contributed by atoms with Gasteiger partial charge in [0.1, 0.15) is 5.25 Å². The molecule has 2 N–H and O–H groups in total. The average Bonchev–Trinajstić information content (AvgIpc) is 2.87. The fourth-order valence-electron chi connectivity index (χ4n) is 1.97. The summed E-state index contributed by atoms with van der Waals surface area (Å²) in [6, 6.07) is 3.76. The molecule has 1 heterocycles. The number of nitrogens with zero attached hydrogens (tertiary/aromatic N) is 2. The minimum Gasteiger partial charge on any atom is -0.325 e. The van der Waals surface area contributed by atoms with Crippen LogP contribution in [0.25, 0.3) is 0 Å². The third-order valence-electron chi connectivity index (χ3n) is 3.18. The van der Waals surface area contributed by atoms with Crippen LogP contribution in [0.3, 0.4) is 0 Å². The molecular formula is C15H17ClN4O4S. The number of benzene rings is 1. The lowest BCUT2D eigenvalue weighted by atomic mass is 10.2. The van der Waals surface area contributed by atoms with Crippen LogP contribution >= 0.6 is 23.4 Å². The minimum absolute atomic E-state index is 0.0871. The molecule has 1 unspecified atom stereocenters. The molecule has 0 aromatic heterocycles. The SMILES string of the molecule is CC(C)CN=C1NC(=O)C(CC(=O)Nc2cc([N+](=O)[O-])ccc2Cl)S1. The fraction of sp³-hybridized carbons (Fsp3) is 0.400. The molecule has 1 atom stereocenters. The number of rotatable bonds is 6. The van der Waals surface area contributed by atoms with Gasteiger partial charge in [-0.3, -0.25) is 24.7 Å². The van der Waals surface area contributed by atoms with E-state index in [1.807, 2.05) is 13.8 Å². The van der Waals surface area contributed by atoms with Gasteiger partial charge in [0.05, 0.1) is 15.6 Å². The molecule has 0 radical (unpaired) electrons. The molecule has 2 amide bonds. The number of carbonyl (C=O) groups excluding carboxylic acids is 2. The quantitative estimate of drug-likeness (QED) is 0.578. The van der Waals surface area contributed by atoms with Crippen molar-refractivity contribution in [2.75, 3.05) is 11.9 Å². The summed E-state index contributed by atoms with van der Waals surface area (Å²) < 4.78 is 0. The number of hydrogen-bond acceptors (Lipinski definition) is 6. The molecule has 1 saturated heterocycles. The zero-order valence-corrected chi connectivity index (χ0v) is 15.2. The number of carbonyl (C=O) groups is 2. The van der Waals surface area contributed by atoms with Crippen LogP contribution in [0, 0.1) is 16.0 Å². The molecule has 1 fully saturated rings. The predicted molar refractivity (Wildman–Crippen MR) is 98.0 cm³/mol. The minimum atomic E-state index is -0.594. The van der Waals surface area contributed by atoms with Gasteiger partial charge in [-0.25, -0.2) is 0 Å². The van der Waals surface area contributed by atoms with E-state index in [4.69, 9.17) is 11.6 Å². The molecule has 1 aromatic carbocycles. The smallest absolute Gasteiger partial charge is 0.271 e. The maximum Gasteiger partial charge on any atom is 0.271 e. The van der Waals surface area contributed by atoms with E-state index in [1.54, 1.807) is 0 Å². The number of halogens is 1. The first-order valence-corrected chi connectivity index (χ1v) is 8.77. The van der Waals surface area contributed by atoms with E-state index in [0.717, 1.165) is 0 Å². The van der Waals surface area contributed by atoms with Gasteiger partial charge in [0, 0.05) is 25.1 Å². The van der Waals surface area contributed by atoms with Gasteiger partial charge in [-0.15, -0.1) is 0 Å². The van der Waals surface area contributed by atoms with Gasteiger partial charge in [0.15, 0.2) is 5.17 Å². The Morgan fingerprint density at radius 3 is 2.88 bits per heavy atom. The molecule has 0 aliphatic carbocycles. The Kier molecular flexibility index (Phi) is 6.38. The van der Waals surface area contributed by atoms with Crippen molar-refractivity contribution >= 4 is 51.7 Å². The summed E-state index contributed by atoms with van der Waals surface area (Å²) in [5.41, 5.74) is -0.0474. The summed E-state index contributed by atoms with van der Waals surface area (Å²) in [7, 11) is 0. The molecule has 25 heavy (non-hydrogen) atoms. The van der Waals surface area contributed by atoms with Gasteiger partial charge in [-0.1, -0.05) is 37.2 Å². The first-order chi connectivity index (χ1) is 11.8. The lowest BCUT2D eigenvalue weighted by Gasteiger charge is -2.08. The number of aliphatic imine (C=N–C) groups is 1. The average molecular weight is 385 g/mol. The van der Waals surface area contributed by atoms with E-state index in [1.165, 1.54) is 30.0 Å². The zero-order valence-electron chi connectivity index (χ0n) is 13.6. The summed E-state index contributed by atoms with van der Waals surface area (Å²) in [4.78, 5) is 38.6. The largest absolute Gasteiger partial charge is 0.325 e. The summed E-state index contributed by atoms with van der Waals surface area (Å²) in [5, 5.41) is 16.0. The molecular weight excluding hydrogens is 368 g/mol. The van der Waals surface area contributed by atoms with E-state index >= 15 is 0 Å². The maximum atomic E-state index is 12.1. The number of nitro benzene ring substituents is 1. The first kappa shape index (κ1) is 19.2. The van der Waals surface area contributed by atoms with Crippen LogP contribution in [-0.2, 0) is 9.59 Å². The van der Waals surface area contributed by atoms with Crippen molar-refractivity contribution in [3.8, 4) is 0 Å². The summed E-state index contributed by atoms with van der Waals surface area (Å²) in [6.07, 6.45) is -0.0871. The van der Waals surface area contributed by atoms with Crippen molar-refractivity contribution in [2.24, 2.45) is 10.9 Å². The Balaban J connectivity index is 1.99. The van der Waals surface area contributed by atoms with Crippen LogP contribution in [-0.4, -0.2) is 33.7 Å². The van der Waals surface area contributed by atoms with Crippen LogP contribution in [0.1, 0.15) is 20.3 Å². The highest BCUT2D eigenvalue weighted by molar-refractivity contribution is 8.15. The summed E-state index contributed by atoms with van der Waals surface area (Å²) in [5.74, 6) is -0.378. The number of non-ortho nitro benzene ring substituents is 1. The van der Waals surface area contributed by atoms with Gasteiger partial charge >= 0.3 is 0 Å². The lowest BCUT2D eigenvalue weighted by molar-refractivity contribution is -0.384. The normalized spacial score (nSPS) is 18.5. The highest BCUT2D eigenvalue weighted by Gasteiger charge is 2.32. The fourth-order valence-corrected chi connectivity index (χ4v) is 3.12. The molecule has 0 bridgehead atoms. The Hall–Kier alpha value is -2.13. The molecule has 0 saturated carbocycles. The second-order valence-electron chi connectivity index (χ2n) is 5.81. The Morgan fingerprint density at radius 2 is 2.24 bits per heavy atom. The van der Waals surface area contributed by atoms with Crippen molar-refractivity contribution in [3.63, 3.8) is 0 Å². The predicted octanol–water partition coefficient (Wildman–Crippen LogP) is 2.82. The van der Waals surface area contributed by atoms with Crippen LogP contribution in [0.5, 0.6) is 0 Å². The molecule has 8 nitrogen and oxygen atoms in total. The number of nitro groups is 1. The molecule has 1 aliphatic heterocycles. The Labute approximate surface area is 153 Å². The zero-order chi connectivity index (χ0) is 18.6. The number of anilines is 1. The van der Waals surface area contributed by atoms with Gasteiger partial charge in [-0.05, 0) is 12.0 Å². The van der Waals surface area contributed by atoms with E-state index in [-0.39, 0.29) is 28.7 Å². The van der Waals surface area contributed by atoms with E-state index in [2.05, 4.69) is 15.6 Å². The molecule has 0 spiro atoms. The molecule has 2 rings (SSSR count). The van der Waals surface area contributed by atoms with E-state index < -0.39 is 16.1 Å². The lowest BCUT2D eigenvalue weighted by Crippen LogP contribution is -2.28. The third kappa shape index (κ3) is 5.43. The number of amides is 2. The molecule has 1 aromatic rings. The van der Waals surface area contributed by atoms with Crippen LogP contribution < -0.4 is 10.6 Å². The third-order valence-corrected chi connectivity index (χ3v) is 4.63. The standard InChI is InChI=1S/C15H17ClN4O4S/c1-8(2)7-17-15-19-14(22)12(25-15)6-13(21)18-11-5-9(20(23)24)3-4-10(11)16/h3-5,8,12H,6-7H2,1-2H3,(H,18,21)(H,17,19,22). The van der Waals surface area contributed by atoms with Crippen LogP contribution in [0.4, 0.5) is 11.4 Å². The van der Waals surface area contributed by atoms with Gasteiger partial charge in [0.2, 0.25) is 11.8 Å². The summed E-state index contributed by atoms with van der Waals surface area (Å²) in [6.45, 7) is 4.61. The summed E-state index contributed by atoms with van der Waals surface area (Å²) >= 11 is 7.14. The first-order valence-electron chi connectivity index (χ1n) is 7.52. The second kappa shape index (κ2) is 8.30. The monoisotopic (exact) mass is 384 g/mol. The van der Waals surface area contributed by atoms with Crippen molar-refractivity contribution in [1.29, 1.82) is 0 Å². The Bertz CT molecular complexity index is 738. The number of thioether (sulfide) groups is 1. The second-order valence-corrected chi connectivity index (χ2v) is 7.41. The van der Waals surface area contributed by atoms with Crippen molar-refractivity contribution < 1.29 is 14.5 Å². The van der Waals surface area contributed by atoms with Gasteiger partial charge in [0.25, 0.3) is 5.69 Å². The van der Waals surface area contributed by atoms with Crippen LogP contribution in [0.2, 0.25) is 5.02 Å². The topological polar surface area (TPSA) is 114 Å². The Morgan fingerprint density at radius 1 is 1.52 bits per heavy atom. The highest BCUT2D eigenvalue weighted by Crippen LogP contribution is 2.28. The molecule has 10 heteroatoms. The van der Waals surface area contributed by atoms with E-state index in [0.29, 0.717) is 17.6 Å². The molecule has 1 aliphatic rings. The number of amidine groups is 1. The van der Waals surface area contributed by atoms with E-state index in [9.17, 15) is 19.7 Å². The maximum absolute atomic E-state index is 12.1.